The van der Waals surface area contributed by atoms with Gasteiger partial charge in [-0.25, -0.2) is 9.26 Å². The van der Waals surface area contributed by atoms with Gasteiger partial charge in [-0.1, -0.05) is 0 Å². The maximum Gasteiger partial charge on any atom is 0.295 e. The summed E-state index contributed by atoms with van der Waals surface area (Å²) < 4.78 is 18.6. The summed E-state index contributed by atoms with van der Waals surface area (Å²) in [5.41, 5.74) is 0.232. The molecule has 0 unspecified atom stereocenters. The van der Waals surface area contributed by atoms with E-state index >= 15 is 0 Å². The second-order valence-corrected chi connectivity index (χ2v) is 3.07. The van der Waals surface area contributed by atoms with Crippen molar-refractivity contribution in [3.8, 4) is 34.5 Å². The quantitative estimate of drug-likeness (QED) is 0.367. The highest BCUT2D eigenvalue weighted by Gasteiger charge is 2.38. The Morgan fingerprint density at radius 3 is 2.35 bits per heavy atom. The van der Waals surface area contributed by atoms with Gasteiger partial charge in [0.2, 0.25) is 11.4 Å². The van der Waals surface area contributed by atoms with Gasteiger partial charge in [-0.05, 0) is 25.5 Å². The van der Waals surface area contributed by atoms with Crippen molar-refractivity contribution in [2.45, 2.75) is 0 Å². The highest BCUT2D eigenvalue weighted by molar-refractivity contribution is 5.77. The van der Waals surface area contributed by atoms with Gasteiger partial charge in [-0.2, -0.15) is 0 Å². The van der Waals surface area contributed by atoms with E-state index in [1.54, 1.807) is 0 Å². The molecule has 1 aliphatic rings. The highest BCUT2D eigenvalue weighted by atomic mass is 16.8. The predicted octanol–water partition coefficient (Wildman–Crippen LogP) is -0.486. The number of fused-ring (bicyclic) bond motifs is 5. The predicted molar refractivity (Wildman–Crippen MR) is 42.1 cm³/mol. The fourth-order valence-corrected chi connectivity index (χ4v) is 1.48. The maximum absolute atomic E-state index is 11.5. The van der Waals surface area contributed by atoms with E-state index in [1.807, 2.05) is 0 Å². The third kappa shape index (κ3) is 0.895. The molecule has 0 aromatic carbocycles. The molecule has 0 amide bonds. The first kappa shape index (κ1) is 8.20. The van der Waals surface area contributed by atoms with Gasteiger partial charge < -0.3 is 9.94 Å². The standard InChI is InChI=1S/C6N6O5/c13-12-4-1(9-17-12)2-5(10-15-7-2)14-6-3(4)8-16-11-6. The SMILES string of the molecule is [O-][n+]1onc2c1-c1nonc1Oc1nonc1-2. The summed E-state index contributed by atoms with van der Waals surface area (Å²) in [6, 6.07) is 0. The van der Waals surface area contributed by atoms with E-state index in [1.165, 1.54) is 0 Å². The molecule has 0 atom stereocenters. The van der Waals surface area contributed by atoms with E-state index in [4.69, 9.17) is 4.74 Å². The Labute approximate surface area is 90.0 Å². The lowest BCUT2D eigenvalue weighted by Crippen LogP contribution is -2.25. The first-order valence-electron chi connectivity index (χ1n) is 4.28. The molecule has 0 N–H and O–H groups in total. The number of rotatable bonds is 0. The summed E-state index contributed by atoms with van der Waals surface area (Å²) in [5.74, 6) is -0.0527. The van der Waals surface area contributed by atoms with Crippen LogP contribution in [0, 0.1) is 5.21 Å². The molecule has 0 saturated carbocycles. The molecule has 3 aromatic rings. The smallest absolute Gasteiger partial charge is 0.295 e. The van der Waals surface area contributed by atoms with Crippen molar-refractivity contribution in [2.24, 2.45) is 0 Å². The van der Waals surface area contributed by atoms with Gasteiger partial charge in [0.25, 0.3) is 23.1 Å². The Bertz CT molecular complexity index is 712. The van der Waals surface area contributed by atoms with Crippen molar-refractivity contribution in [3.05, 3.63) is 5.21 Å². The fourth-order valence-electron chi connectivity index (χ4n) is 1.48. The Hall–Kier alpha value is -2.98. The van der Waals surface area contributed by atoms with E-state index in [0.29, 0.717) is 0 Å². The van der Waals surface area contributed by atoms with Crippen molar-refractivity contribution in [2.75, 3.05) is 0 Å². The van der Waals surface area contributed by atoms with E-state index in [0.717, 1.165) is 0 Å². The molecule has 84 valence electrons. The van der Waals surface area contributed by atoms with Gasteiger partial charge in [0, 0.05) is 5.16 Å². The average molecular weight is 236 g/mol. The largest absolute Gasteiger partial charge is 0.410 e. The van der Waals surface area contributed by atoms with Crippen LogP contribution in [0.3, 0.4) is 0 Å². The number of nitrogens with zero attached hydrogens (tertiary/aromatic N) is 6. The van der Waals surface area contributed by atoms with Crippen molar-refractivity contribution in [1.82, 2.24) is 25.8 Å². The third-order valence-electron chi connectivity index (χ3n) is 2.17. The molecule has 4 rings (SSSR count). The molecule has 1 aliphatic heterocycles. The first-order valence-corrected chi connectivity index (χ1v) is 4.28. The van der Waals surface area contributed by atoms with Crippen molar-refractivity contribution < 1.29 is 23.5 Å². The summed E-state index contributed by atoms with van der Waals surface area (Å²) in [5, 5.41) is 29.1. The van der Waals surface area contributed by atoms with Gasteiger partial charge in [0.15, 0.2) is 0 Å². The van der Waals surface area contributed by atoms with Crippen molar-refractivity contribution in [1.29, 1.82) is 0 Å². The summed E-state index contributed by atoms with van der Waals surface area (Å²) in [4.78, 5) is 0.144. The zero-order chi connectivity index (χ0) is 11.4. The molecule has 0 aliphatic carbocycles. The molecule has 0 fully saturated rings. The van der Waals surface area contributed by atoms with Crippen LogP contribution in [0.2, 0.25) is 0 Å². The lowest BCUT2D eigenvalue weighted by Gasteiger charge is -1.92. The van der Waals surface area contributed by atoms with Gasteiger partial charge in [0.05, 0.1) is 0 Å². The number of ether oxygens (including phenoxy) is 1. The highest BCUT2D eigenvalue weighted by Crippen LogP contribution is 2.40. The molecule has 4 heterocycles. The molecule has 11 heteroatoms. The molecule has 0 radical (unpaired) electrons. The van der Waals surface area contributed by atoms with E-state index in [-0.39, 0.29) is 39.4 Å². The second-order valence-electron chi connectivity index (χ2n) is 3.07. The van der Waals surface area contributed by atoms with E-state index in [9.17, 15) is 5.21 Å². The molecule has 3 aromatic heterocycles. The number of aromatic nitrogens is 6. The van der Waals surface area contributed by atoms with Gasteiger partial charge >= 0.3 is 0 Å². The summed E-state index contributed by atoms with van der Waals surface area (Å²) in [6.45, 7) is 0. The van der Waals surface area contributed by atoms with Crippen LogP contribution in [0.5, 0.6) is 11.8 Å². The van der Waals surface area contributed by atoms with Crippen LogP contribution in [0.1, 0.15) is 0 Å². The average Bonchev–Trinajstić information content (AvgIpc) is 2.99. The Morgan fingerprint density at radius 2 is 1.53 bits per heavy atom. The van der Waals surface area contributed by atoms with Gasteiger partial charge in [0.1, 0.15) is 0 Å². The van der Waals surface area contributed by atoms with Crippen molar-refractivity contribution in [3.63, 3.8) is 0 Å². The number of hydrogen-bond donors (Lipinski definition) is 0. The fraction of sp³-hybridized carbons (Fsp3) is 0. The molecular formula is C6N6O5. The first-order chi connectivity index (χ1) is 8.34. The van der Waals surface area contributed by atoms with Crippen LogP contribution in [-0.4, -0.2) is 25.8 Å². The van der Waals surface area contributed by atoms with Crippen molar-refractivity contribution >= 4 is 0 Å². The Kier molecular flexibility index (Phi) is 1.24. The van der Waals surface area contributed by atoms with Crippen LogP contribution in [0.25, 0.3) is 22.8 Å². The monoisotopic (exact) mass is 236 g/mol. The van der Waals surface area contributed by atoms with Gasteiger partial charge in [-0.15, -0.1) is 0 Å². The normalized spacial score (nSPS) is 12.2. The van der Waals surface area contributed by atoms with E-state index in [2.05, 4.69) is 39.7 Å². The zero-order valence-electron chi connectivity index (χ0n) is 7.72. The number of hydrogen-bond acceptors (Lipinski definition) is 10. The zero-order valence-corrected chi connectivity index (χ0v) is 7.72. The molecule has 0 bridgehead atoms. The lowest BCUT2D eigenvalue weighted by molar-refractivity contribution is -0.793. The lowest BCUT2D eigenvalue weighted by atomic mass is 10.2. The third-order valence-corrected chi connectivity index (χ3v) is 2.17. The van der Waals surface area contributed by atoms with Crippen LogP contribution >= 0.6 is 0 Å². The maximum atomic E-state index is 11.5. The Balaban J connectivity index is 2.15. The summed E-state index contributed by atoms with van der Waals surface area (Å²) >= 11 is 0. The molecular weight excluding hydrogens is 236 g/mol. The Morgan fingerprint density at radius 1 is 0.824 bits per heavy atom. The summed E-state index contributed by atoms with van der Waals surface area (Å²) in [7, 11) is 0. The van der Waals surface area contributed by atoms with Crippen LogP contribution in [0.4, 0.5) is 0 Å². The van der Waals surface area contributed by atoms with Crippen LogP contribution in [0.15, 0.2) is 13.9 Å². The minimum Gasteiger partial charge on any atom is -0.410 e. The second kappa shape index (κ2) is 2.58. The summed E-state index contributed by atoms with van der Waals surface area (Å²) in [6.07, 6.45) is 0. The topological polar surface area (TPSA) is 140 Å². The molecule has 0 saturated heterocycles. The molecule has 0 spiro atoms. The van der Waals surface area contributed by atoms with E-state index < -0.39 is 0 Å². The minimum atomic E-state index is -0.0477. The minimum absolute atomic E-state index is 0.00500. The van der Waals surface area contributed by atoms with Crippen LogP contribution < -0.4 is 9.64 Å². The molecule has 11 nitrogen and oxygen atoms in total. The van der Waals surface area contributed by atoms with Gasteiger partial charge in [-0.3, -0.25) is 4.63 Å². The molecule has 17 heavy (non-hydrogen) atoms. The van der Waals surface area contributed by atoms with Crippen LogP contribution in [-0.2, 0) is 0 Å².